The van der Waals surface area contributed by atoms with E-state index in [2.05, 4.69) is 34.6 Å². The zero-order valence-corrected chi connectivity index (χ0v) is 26.6. The number of Topliss-reactive ketones (excluding diaryl/α,β-unsaturated/α-hetero) is 2. The van der Waals surface area contributed by atoms with Crippen LogP contribution in [0.3, 0.4) is 0 Å². The van der Waals surface area contributed by atoms with E-state index in [1.54, 1.807) is 0 Å². The third-order valence-corrected chi connectivity index (χ3v) is 13.8. The Morgan fingerprint density at radius 3 is 2.22 bits per heavy atom. The monoisotopic (exact) mass is 594 g/mol. The molecule has 1 N–H and O–H groups in total. The minimum Gasteiger partial charge on any atom is -0.465 e. The molecule has 0 aliphatic heterocycles. The largest absolute Gasteiger partial charge is 0.465 e. The molecule has 2 spiro atoms. The molecule has 0 saturated heterocycles. The second-order valence-electron chi connectivity index (χ2n) is 15.5. The van der Waals surface area contributed by atoms with Crippen LogP contribution in [0.4, 0.5) is 0 Å². The molecular formula is C32H50O8S. The lowest BCUT2D eigenvalue weighted by Crippen LogP contribution is -2.60. The average molecular weight is 595 g/mol. The van der Waals surface area contributed by atoms with Crippen molar-refractivity contribution in [1.82, 2.24) is 0 Å². The number of carbonyl (C=O) groups is 3. The van der Waals surface area contributed by atoms with E-state index >= 15 is 0 Å². The molecule has 0 aromatic heterocycles. The van der Waals surface area contributed by atoms with Crippen LogP contribution in [0.15, 0.2) is 0 Å². The van der Waals surface area contributed by atoms with Crippen LogP contribution in [0, 0.1) is 56.7 Å². The van der Waals surface area contributed by atoms with E-state index in [1.165, 1.54) is 6.92 Å². The lowest BCUT2D eigenvalue weighted by atomic mass is 9.41. The van der Waals surface area contributed by atoms with Gasteiger partial charge in [0.05, 0.1) is 12.0 Å². The normalized spacial score (nSPS) is 43.9. The average Bonchev–Trinajstić information content (AvgIpc) is 3.44. The summed E-state index contributed by atoms with van der Waals surface area (Å²) in [5, 5.41) is 0. The van der Waals surface area contributed by atoms with Crippen LogP contribution in [0.1, 0.15) is 112 Å². The molecule has 4 unspecified atom stereocenters. The number of rotatable bonds is 10. The second kappa shape index (κ2) is 10.1. The summed E-state index contributed by atoms with van der Waals surface area (Å²) in [6.45, 7) is 12.0. The van der Waals surface area contributed by atoms with Crippen molar-refractivity contribution in [2.75, 3.05) is 13.2 Å². The summed E-state index contributed by atoms with van der Waals surface area (Å²) in [5.41, 5.74) is -1.04. The Morgan fingerprint density at radius 2 is 1.59 bits per heavy atom. The molecule has 5 fully saturated rings. The maximum atomic E-state index is 13.6. The third-order valence-electron chi connectivity index (χ3n) is 13.4. The standard InChI is InChI=1S/C32H50O8S/c1-20(2)15-23(34)16-21(3)24-9-11-29(6)25-7-8-26-30(18-39-22(4)33,19-40-41(36,37)38)27(35)10-12-31(26)17-32(25,31)14-13-28(24,29)5/h20-21,24-26H,7-19H2,1-6H3,(H,36,37,38)/t21?,24-,25?,26?,28-,29?,30+,31-,32+/m1/s1. The Bertz CT molecular complexity index is 1210. The van der Waals surface area contributed by atoms with Crippen LogP contribution in [-0.4, -0.2) is 43.7 Å². The molecule has 0 heterocycles. The van der Waals surface area contributed by atoms with Gasteiger partial charge in [-0.2, -0.15) is 8.42 Å². The number of ketones is 2. The van der Waals surface area contributed by atoms with E-state index in [0.29, 0.717) is 48.7 Å². The SMILES string of the molecule is CC(=O)OC[C@@]1(COS(=O)(=O)O)C(=O)CC[C@]23C[C@]24CC[C@]2(C)[C@@H](C(C)CC(=O)CC(C)C)CCC2(C)C4CCC13. The molecule has 232 valence electrons. The number of esters is 1. The molecule has 41 heavy (non-hydrogen) atoms. The van der Waals surface area contributed by atoms with Crippen molar-refractivity contribution in [2.45, 2.75) is 112 Å². The topological polar surface area (TPSA) is 124 Å². The molecule has 5 aliphatic rings. The molecule has 0 aromatic carbocycles. The van der Waals surface area contributed by atoms with Crippen LogP contribution in [-0.2, 0) is 33.7 Å². The highest BCUT2D eigenvalue weighted by Crippen LogP contribution is 2.88. The molecule has 9 heteroatoms. The molecule has 0 amide bonds. The van der Waals surface area contributed by atoms with Crippen LogP contribution in [0.2, 0.25) is 0 Å². The van der Waals surface area contributed by atoms with Crippen molar-refractivity contribution in [1.29, 1.82) is 0 Å². The van der Waals surface area contributed by atoms with Crippen molar-refractivity contribution in [3.05, 3.63) is 0 Å². The Kier molecular flexibility index (Phi) is 7.68. The summed E-state index contributed by atoms with van der Waals surface area (Å²) in [6.07, 6.45) is 9.52. The van der Waals surface area contributed by atoms with Gasteiger partial charge in [0.15, 0.2) is 0 Å². The number of carbonyl (C=O) groups excluding carboxylic acids is 3. The number of hydrogen-bond donors (Lipinski definition) is 1. The lowest BCUT2D eigenvalue weighted by Gasteiger charge is -2.63. The van der Waals surface area contributed by atoms with Gasteiger partial charge in [0, 0.05) is 26.2 Å². The van der Waals surface area contributed by atoms with E-state index in [4.69, 9.17) is 8.92 Å². The highest BCUT2D eigenvalue weighted by Gasteiger charge is 2.83. The Labute approximate surface area is 246 Å². The fourth-order valence-corrected chi connectivity index (χ4v) is 12.0. The van der Waals surface area contributed by atoms with Gasteiger partial charge in [-0.25, -0.2) is 4.18 Å². The van der Waals surface area contributed by atoms with Gasteiger partial charge >= 0.3 is 16.4 Å². The van der Waals surface area contributed by atoms with Crippen LogP contribution >= 0.6 is 0 Å². The van der Waals surface area contributed by atoms with E-state index in [0.717, 1.165) is 51.4 Å². The number of hydrogen-bond acceptors (Lipinski definition) is 7. The smallest absolute Gasteiger partial charge is 0.397 e. The Hall–Kier alpha value is -1.32. The molecule has 0 bridgehead atoms. The summed E-state index contributed by atoms with van der Waals surface area (Å²) < 4.78 is 43.0. The molecular weight excluding hydrogens is 544 g/mol. The first kappa shape index (κ1) is 31.1. The van der Waals surface area contributed by atoms with Crippen LogP contribution in [0.25, 0.3) is 0 Å². The summed E-state index contributed by atoms with van der Waals surface area (Å²) in [4.78, 5) is 38.3. The maximum absolute atomic E-state index is 13.6. The molecule has 5 saturated carbocycles. The van der Waals surface area contributed by atoms with Crippen molar-refractivity contribution >= 4 is 27.9 Å². The Morgan fingerprint density at radius 1 is 0.927 bits per heavy atom. The highest BCUT2D eigenvalue weighted by molar-refractivity contribution is 7.80. The van der Waals surface area contributed by atoms with Gasteiger partial charge < -0.3 is 4.74 Å². The van der Waals surface area contributed by atoms with Gasteiger partial charge in [-0.3, -0.25) is 18.9 Å². The van der Waals surface area contributed by atoms with E-state index in [9.17, 15) is 27.4 Å². The van der Waals surface area contributed by atoms with Gasteiger partial charge in [0.1, 0.15) is 18.2 Å². The predicted octanol–water partition coefficient (Wildman–Crippen LogP) is 5.98. The summed E-state index contributed by atoms with van der Waals surface area (Å²) in [6, 6.07) is 0. The first-order chi connectivity index (χ1) is 19.0. The van der Waals surface area contributed by atoms with Gasteiger partial charge in [-0.1, -0.05) is 34.6 Å². The minimum absolute atomic E-state index is 0.0794. The quantitative estimate of drug-likeness (QED) is 0.242. The molecule has 5 aliphatic carbocycles. The third kappa shape index (κ3) is 4.66. The highest BCUT2D eigenvalue weighted by atomic mass is 32.3. The van der Waals surface area contributed by atoms with Gasteiger partial charge in [0.25, 0.3) is 0 Å². The van der Waals surface area contributed by atoms with Gasteiger partial charge in [-0.15, -0.1) is 0 Å². The van der Waals surface area contributed by atoms with Crippen molar-refractivity contribution in [3.8, 4) is 0 Å². The summed E-state index contributed by atoms with van der Waals surface area (Å²) in [7, 11) is -4.77. The van der Waals surface area contributed by atoms with Crippen molar-refractivity contribution in [3.63, 3.8) is 0 Å². The molecule has 0 aromatic rings. The van der Waals surface area contributed by atoms with Crippen molar-refractivity contribution in [2.24, 2.45) is 56.7 Å². The van der Waals surface area contributed by atoms with Crippen LogP contribution < -0.4 is 0 Å². The van der Waals surface area contributed by atoms with Gasteiger partial charge in [0.2, 0.25) is 0 Å². The zero-order valence-electron chi connectivity index (χ0n) is 25.8. The molecule has 8 nitrogen and oxygen atoms in total. The van der Waals surface area contributed by atoms with Crippen molar-refractivity contribution < 1.29 is 36.3 Å². The molecule has 9 atom stereocenters. The number of ether oxygens (including phenoxy) is 1. The Balaban J connectivity index is 1.44. The fourth-order valence-electron chi connectivity index (χ4n) is 11.7. The number of fused-ring (bicyclic) bond motifs is 2. The van der Waals surface area contributed by atoms with E-state index < -0.39 is 28.4 Å². The fraction of sp³-hybridized carbons (Fsp3) is 0.906. The summed E-state index contributed by atoms with van der Waals surface area (Å²) >= 11 is 0. The van der Waals surface area contributed by atoms with E-state index in [-0.39, 0.29) is 40.0 Å². The minimum atomic E-state index is -4.77. The first-order valence-corrected chi connectivity index (χ1v) is 17.1. The molecule has 0 radical (unpaired) electrons. The maximum Gasteiger partial charge on any atom is 0.397 e. The summed E-state index contributed by atoms with van der Waals surface area (Å²) in [5.74, 6) is 1.30. The lowest BCUT2D eigenvalue weighted by molar-refractivity contribution is -0.176. The first-order valence-electron chi connectivity index (χ1n) is 15.8. The second-order valence-corrected chi connectivity index (χ2v) is 16.6. The molecule has 5 rings (SSSR count). The predicted molar refractivity (Wildman–Crippen MR) is 153 cm³/mol. The van der Waals surface area contributed by atoms with Crippen LogP contribution in [0.5, 0.6) is 0 Å². The van der Waals surface area contributed by atoms with Gasteiger partial charge in [-0.05, 0) is 103 Å². The zero-order chi connectivity index (χ0) is 30.2. The van der Waals surface area contributed by atoms with E-state index in [1.807, 2.05) is 0 Å².